The number of ether oxygens (including phenoxy) is 1. The van der Waals surface area contributed by atoms with Gasteiger partial charge in [-0.15, -0.1) is 12.4 Å². The molecule has 2 fully saturated rings. The van der Waals surface area contributed by atoms with Crippen LogP contribution in [-0.2, 0) is 4.79 Å². The summed E-state index contributed by atoms with van der Waals surface area (Å²) < 4.78 is 5.82. The fraction of sp³-hybridized carbons (Fsp3) is 0.632. The Hall–Kier alpha value is -1.26. The molecule has 0 radical (unpaired) electrons. The summed E-state index contributed by atoms with van der Waals surface area (Å²) in [5, 5.41) is 3.63. The van der Waals surface area contributed by atoms with Crippen molar-refractivity contribution in [2.75, 3.05) is 13.7 Å². The zero-order valence-corrected chi connectivity index (χ0v) is 15.7. The maximum atomic E-state index is 12.4. The van der Waals surface area contributed by atoms with Crippen LogP contribution < -0.4 is 10.1 Å². The van der Waals surface area contributed by atoms with Crippen molar-refractivity contribution in [3.8, 4) is 5.75 Å². The number of carbonyl (C=O) groups excluding carboxylic acids is 1. The van der Waals surface area contributed by atoms with Gasteiger partial charge in [0.05, 0.1) is 13.0 Å². The highest BCUT2D eigenvalue weighted by molar-refractivity contribution is 5.85. The van der Waals surface area contributed by atoms with Crippen LogP contribution in [0.2, 0.25) is 0 Å². The van der Waals surface area contributed by atoms with Gasteiger partial charge in [-0.2, -0.15) is 0 Å². The average molecular weight is 353 g/mol. The largest absolute Gasteiger partial charge is 0.493 e. The molecule has 2 saturated heterocycles. The molecule has 1 aromatic carbocycles. The summed E-state index contributed by atoms with van der Waals surface area (Å²) in [5.74, 6) is 1.09. The maximum Gasteiger partial charge on any atom is 0.225 e. The first-order valence-electron chi connectivity index (χ1n) is 8.75. The van der Waals surface area contributed by atoms with E-state index in [2.05, 4.69) is 25.2 Å². The number of fused-ring (bicyclic) bond motifs is 2. The second-order valence-electron chi connectivity index (χ2n) is 7.06. The van der Waals surface area contributed by atoms with E-state index in [0.29, 0.717) is 31.2 Å². The number of piperidine rings is 1. The first kappa shape index (κ1) is 19.1. The van der Waals surface area contributed by atoms with Crippen LogP contribution in [0.3, 0.4) is 0 Å². The fourth-order valence-corrected chi connectivity index (χ4v) is 3.85. The number of rotatable bonds is 5. The lowest BCUT2D eigenvalue weighted by Crippen LogP contribution is -2.48. The lowest BCUT2D eigenvalue weighted by atomic mass is 9.98. The highest BCUT2D eigenvalue weighted by atomic mass is 35.5. The number of hydrogen-bond donors (Lipinski definition) is 1. The molecule has 1 aromatic rings. The first-order valence-corrected chi connectivity index (χ1v) is 8.75. The first-order chi connectivity index (χ1) is 11.0. The Labute approximate surface area is 151 Å². The minimum atomic E-state index is 0. The van der Waals surface area contributed by atoms with Crippen LogP contribution in [0.5, 0.6) is 5.75 Å². The molecular formula is C19H29ClN2O2. The molecule has 0 spiro atoms. The van der Waals surface area contributed by atoms with Gasteiger partial charge in [0.1, 0.15) is 5.75 Å². The van der Waals surface area contributed by atoms with Crippen molar-refractivity contribution in [1.82, 2.24) is 10.2 Å². The minimum absolute atomic E-state index is 0. The number of benzene rings is 1. The Bertz CT molecular complexity index is 566. The molecule has 24 heavy (non-hydrogen) atoms. The third-order valence-electron chi connectivity index (χ3n) is 5.52. The summed E-state index contributed by atoms with van der Waals surface area (Å²) in [7, 11) is 1.95. The number of hydrogen-bond acceptors (Lipinski definition) is 3. The Balaban J connectivity index is 0.00000208. The van der Waals surface area contributed by atoms with Gasteiger partial charge in [-0.3, -0.25) is 4.79 Å². The molecule has 2 unspecified atom stereocenters. The summed E-state index contributed by atoms with van der Waals surface area (Å²) in [4.78, 5) is 14.4. The van der Waals surface area contributed by atoms with Crippen LogP contribution in [0, 0.1) is 13.8 Å². The van der Waals surface area contributed by atoms with Crippen molar-refractivity contribution in [2.24, 2.45) is 0 Å². The van der Waals surface area contributed by atoms with Gasteiger partial charge in [0.25, 0.3) is 0 Å². The Morgan fingerprint density at radius 1 is 1.25 bits per heavy atom. The van der Waals surface area contributed by atoms with E-state index in [-0.39, 0.29) is 18.3 Å². The summed E-state index contributed by atoms with van der Waals surface area (Å²) in [6.07, 6.45) is 5.16. The van der Waals surface area contributed by atoms with E-state index in [1.807, 2.05) is 24.1 Å². The zero-order chi connectivity index (χ0) is 16.4. The van der Waals surface area contributed by atoms with Crippen molar-refractivity contribution in [3.63, 3.8) is 0 Å². The third kappa shape index (κ3) is 4.22. The van der Waals surface area contributed by atoms with Gasteiger partial charge >= 0.3 is 0 Å². The molecule has 2 atom stereocenters. The molecule has 2 aliphatic rings. The molecule has 4 nitrogen and oxygen atoms in total. The van der Waals surface area contributed by atoms with Gasteiger partial charge in [0.15, 0.2) is 0 Å². The predicted octanol–water partition coefficient (Wildman–Crippen LogP) is 3.24. The van der Waals surface area contributed by atoms with E-state index >= 15 is 0 Å². The summed E-state index contributed by atoms with van der Waals surface area (Å²) in [6.45, 7) is 4.58. The highest BCUT2D eigenvalue weighted by Crippen LogP contribution is 2.29. The van der Waals surface area contributed by atoms with Crippen molar-refractivity contribution in [1.29, 1.82) is 0 Å². The van der Waals surface area contributed by atoms with E-state index in [1.165, 1.54) is 18.4 Å². The van der Waals surface area contributed by atoms with Crippen molar-refractivity contribution in [3.05, 3.63) is 29.3 Å². The number of carbonyl (C=O) groups is 1. The Morgan fingerprint density at radius 3 is 2.58 bits per heavy atom. The molecule has 0 saturated carbocycles. The van der Waals surface area contributed by atoms with Crippen LogP contribution >= 0.6 is 12.4 Å². The predicted molar refractivity (Wildman–Crippen MR) is 99.0 cm³/mol. The molecule has 0 aliphatic carbocycles. The topological polar surface area (TPSA) is 41.6 Å². The number of nitrogens with zero attached hydrogens (tertiary/aromatic N) is 1. The normalized spacial score (nSPS) is 25.0. The van der Waals surface area contributed by atoms with Crippen LogP contribution in [-0.4, -0.2) is 42.6 Å². The van der Waals surface area contributed by atoms with Gasteiger partial charge in [-0.25, -0.2) is 0 Å². The van der Waals surface area contributed by atoms with Crippen molar-refractivity contribution in [2.45, 2.75) is 64.1 Å². The highest BCUT2D eigenvalue weighted by Gasteiger charge is 2.36. The van der Waals surface area contributed by atoms with Gasteiger partial charge < -0.3 is 15.0 Å². The van der Waals surface area contributed by atoms with Crippen LogP contribution in [0.1, 0.15) is 43.2 Å². The second kappa shape index (κ2) is 8.21. The van der Waals surface area contributed by atoms with E-state index in [0.717, 1.165) is 24.2 Å². The molecule has 1 amide bonds. The van der Waals surface area contributed by atoms with E-state index < -0.39 is 0 Å². The van der Waals surface area contributed by atoms with Gasteiger partial charge in [0, 0.05) is 25.2 Å². The smallest absolute Gasteiger partial charge is 0.225 e. The third-order valence-corrected chi connectivity index (χ3v) is 5.52. The number of aryl methyl sites for hydroxylation is 1. The second-order valence-corrected chi connectivity index (χ2v) is 7.06. The van der Waals surface area contributed by atoms with E-state index in [1.54, 1.807) is 0 Å². The van der Waals surface area contributed by atoms with E-state index in [9.17, 15) is 4.79 Å². The lowest BCUT2D eigenvalue weighted by molar-refractivity contribution is -0.133. The molecule has 3 rings (SSSR count). The average Bonchev–Trinajstić information content (AvgIpc) is 2.88. The molecule has 134 valence electrons. The SMILES string of the molecule is Cc1cccc(OCCC(=O)N(C)C2CC3CCC(C2)N3)c1C.Cl. The van der Waals surface area contributed by atoms with Gasteiger partial charge in [0.2, 0.25) is 5.91 Å². The van der Waals surface area contributed by atoms with Crippen molar-refractivity contribution < 1.29 is 9.53 Å². The minimum Gasteiger partial charge on any atom is -0.493 e. The molecular weight excluding hydrogens is 324 g/mol. The monoisotopic (exact) mass is 352 g/mol. The van der Waals surface area contributed by atoms with Crippen LogP contribution in [0.25, 0.3) is 0 Å². The number of halogens is 1. The van der Waals surface area contributed by atoms with Crippen LogP contribution in [0.4, 0.5) is 0 Å². The molecule has 2 aliphatic heterocycles. The number of amides is 1. The lowest BCUT2D eigenvalue weighted by Gasteiger charge is -2.35. The van der Waals surface area contributed by atoms with Crippen molar-refractivity contribution >= 4 is 18.3 Å². The standard InChI is InChI=1S/C19H28N2O2.ClH/c1-13-5-4-6-18(14(13)2)23-10-9-19(22)21(3)17-11-15-7-8-16(12-17)20-15;/h4-6,15-17,20H,7-12H2,1-3H3;1H. The maximum absolute atomic E-state index is 12.4. The molecule has 1 N–H and O–H groups in total. The molecule has 2 bridgehead atoms. The Kier molecular flexibility index (Phi) is 6.53. The van der Waals surface area contributed by atoms with Gasteiger partial charge in [-0.1, -0.05) is 12.1 Å². The van der Waals surface area contributed by atoms with Gasteiger partial charge in [-0.05, 0) is 56.7 Å². The molecule has 0 aromatic heterocycles. The fourth-order valence-electron chi connectivity index (χ4n) is 3.85. The summed E-state index contributed by atoms with van der Waals surface area (Å²) >= 11 is 0. The summed E-state index contributed by atoms with van der Waals surface area (Å²) in [6, 6.07) is 7.66. The Morgan fingerprint density at radius 2 is 1.92 bits per heavy atom. The zero-order valence-electron chi connectivity index (χ0n) is 14.9. The molecule has 2 heterocycles. The molecule has 5 heteroatoms. The van der Waals surface area contributed by atoms with Crippen LogP contribution in [0.15, 0.2) is 18.2 Å². The number of nitrogens with one attached hydrogen (secondary N) is 1. The summed E-state index contributed by atoms with van der Waals surface area (Å²) in [5.41, 5.74) is 2.37. The quantitative estimate of drug-likeness (QED) is 0.884. The van der Waals surface area contributed by atoms with E-state index in [4.69, 9.17) is 4.74 Å².